The van der Waals surface area contributed by atoms with Gasteiger partial charge in [0.25, 0.3) is 0 Å². The van der Waals surface area contributed by atoms with Gasteiger partial charge in [-0.15, -0.1) is 0 Å². The number of anilines is 1. The number of benzene rings is 2. The highest BCUT2D eigenvalue weighted by Crippen LogP contribution is 2.25. The van der Waals surface area contributed by atoms with Crippen LogP contribution in [0, 0.1) is 0 Å². The third kappa shape index (κ3) is 5.24. The smallest absolute Gasteiger partial charge is 0.246 e. The lowest BCUT2D eigenvalue weighted by Crippen LogP contribution is -2.54. The number of hydrogen-bond donors (Lipinski definition) is 0. The second-order valence-corrected chi connectivity index (χ2v) is 7.56. The molecule has 164 valence electrons. The van der Waals surface area contributed by atoms with E-state index in [9.17, 15) is 4.79 Å². The minimum Gasteiger partial charge on any atom is -0.497 e. The summed E-state index contributed by atoms with van der Waals surface area (Å²) in [6.45, 7) is 4.05. The molecule has 3 aromatic rings. The van der Waals surface area contributed by atoms with E-state index in [2.05, 4.69) is 21.8 Å². The van der Waals surface area contributed by atoms with Gasteiger partial charge >= 0.3 is 0 Å². The lowest BCUT2D eigenvalue weighted by molar-refractivity contribution is -0.128. The number of carbonyl (C=O) groups is 1. The number of rotatable bonds is 6. The number of amides is 1. The number of carbonyl (C=O) groups excluding carboxylic acids is 1. The molecule has 0 N–H and O–H groups in total. The second-order valence-electron chi connectivity index (χ2n) is 7.56. The van der Waals surface area contributed by atoms with Gasteiger partial charge in [0.2, 0.25) is 11.8 Å². The SMILES string of the molecule is COc1ccc(Oc2cc(N3CCN(C(=O)C=Cc4ccccc4)C(C)C3)ncn2)cc1. The van der Waals surface area contributed by atoms with Crippen molar-refractivity contribution in [3.05, 3.63) is 78.6 Å². The van der Waals surface area contributed by atoms with Crippen LogP contribution in [0.2, 0.25) is 0 Å². The molecule has 7 nitrogen and oxygen atoms in total. The molecule has 4 rings (SSSR count). The van der Waals surface area contributed by atoms with Crippen molar-refractivity contribution in [2.75, 3.05) is 31.6 Å². The van der Waals surface area contributed by atoms with Crippen molar-refractivity contribution in [2.24, 2.45) is 0 Å². The molecule has 2 heterocycles. The van der Waals surface area contributed by atoms with E-state index in [-0.39, 0.29) is 11.9 Å². The molecule has 2 aromatic carbocycles. The molecular weight excluding hydrogens is 404 g/mol. The summed E-state index contributed by atoms with van der Waals surface area (Å²) in [5.74, 6) is 2.71. The average Bonchev–Trinajstić information content (AvgIpc) is 2.84. The summed E-state index contributed by atoms with van der Waals surface area (Å²) in [5.41, 5.74) is 1.01. The van der Waals surface area contributed by atoms with Crippen LogP contribution in [0.25, 0.3) is 6.08 Å². The zero-order valence-electron chi connectivity index (χ0n) is 18.2. The van der Waals surface area contributed by atoms with Gasteiger partial charge in [0, 0.05) is 37.8 Å². The topological polar surface area (TPSA) is 67.8 Å². The highest BCUT2D eigenvalue weighted by Gasteiger charge is 2.27. The first-order valence-electron chi connectivity index (χ1n) is 10.5. The summed E-state index contributed by atoms with van der Waals surface area (Å²) in [6.07, 6.45) is 5.00. The maximum absolute atomic E-state index is 12.7. The van der Waals surface area contributed by atoms with Gasteiger partial charge in [-0.25, -0.2) is 9.97 Å². The summed E-state index contributed by atoms with van der Waals surface area (Å²) < 4.78 is 11.0. The average molecular weight is 431 g/mol. The van der Waals surface area contributed by atoms with E-state index >= 15 is 0 Å². The molecule has 1 fully saturated rings. The van der Waals surface area contributed by atoms with Crippen LogP contribution in [0.3, 0.4) is 0 Å². The minimum atomic E-state index is 0.0206. The van der Waals surface area contributed by atoms with E-state index in [0.29, 0.717) is 31.3 Å². The predicted octanol–water partition coefficient (Wildman–Crippen LogP) is 4.03. The van der Waals surface area contributed by atoms with Gasteiger partial charge < -0.3 is 19.3 Å². The Balaban J connectivity index is 1.38. The highest BCUT2D eigenvalue weighted by molar-refractivity contribution is 5.92. The molecule has 0 spiro atoms. The normalized spacial score (nSPS) is 16.2. The van der Waals surface area contributed by atoms with Crippen molar-refractivity contribution < 1.29 is 14.3 Å². The number of ether oxygens (including phenoxy) is 2. The number of methoxy groups -OCH3 is 1. The summed E-state index contributed by atoms with van der Waals surface area (Å²) in [5, 5.41) is 0. The van der Waals surface area contributed by atoms with Crippen molar-refractivity contribution in [1.82, 2.24) is 14.9 Å². The van der Waals surface area contributed by atoms with Gasteiger partial charge in [0.15, 0.2) is 0 Å². The van der Waals surface area contributed by atoms with Crippen molar-refractivity contribution >= 4 is 17.8 Å². The third-order valence-electron chi connectivity index (χ3n) is 5.36. The van der Waals surface area contributed by atoms with E-state index in [1.807, 2.05) is 71.6 Å². The molecule has 1 unspecified atom stereocenters. The van der Waals surface area contributed by atoms with Crippen LogP contribution in [0.5, 0.6) is 17.4 Å². The van der Waals surface area contributed by atoms with E-state index < -0.39 is 0 Å². The standard InChI is InChI=1S/C25H26N4O3/c1-19-17-28(14-15-29(19)25(30)13-8-20-6-4-3-5-7-20)23-16-24(27-18-26-23)32-22-11-9-21(31-2)10-12-22/h3-13,16,18-19H,14-15,17H2,1-2H3. The molecular formula is C25H26N4O3. The van der Waals surface area contributed by atoms with Crippen LogP contribution in [-0.4, -0.2) is 53.6 Å². The first-order chi connectivity index (χ1) is 15.6. The van der Waals surface area contributed by atoms with Gasteiger partial charge in [-0.1, -0.05) is 30.3 Å². The van der Waals surface area contributed by atoms with Gasteiger partial charge in [-0.05, 0) is 42.8 Å². The number of hydrogen-bond acceptors (Lipinski definition) is 6. The van der Waals surface area contributed by atoms with E-state index in [1.165, 1.54) is 6.33 Å². The fourth-order valence-corrected chi connectivity index (χ4v) is 3.64. The Morgan fingerprint density at radius 2 is 1.78 bits per heavy atom. The fourth-order valence-electron chi connectivity index (χ4n) is 3.64. The van der Waals surface area contributed by atoms with Crippen LogP contribution < -0.4 is 14.4 Å². The maximum Gasteiger partial charge on any atom is 0.246 e. The summed E-state index contributed by atoms with van der Waals surface area (Å²) in [7, 11) is 1.63. The monoisotopic (exact) mass is 430 g/mol. The largest absolute Gasteiger partial charge is 0.497 e. The molecule has 0 aliphatic carbocycles. The van der Waals surface area contributed by atoms with Gasteiger partial charge in [-0.2, -0.15) is 0 Å². The summed E-state index contributed by atoms with van der Waals surface area (Å²) in [4.78, 5) is 25.4. The number of nitrogens with zero attached hydrogens (tertiary/aromatic N) is 4. The molecule has 1 amide bonds. The quantitative estimate of drug-likeness (QED) is 0.550. The Kier molecular flexibility index (Phi) is 6.65. The predicted molar refractivity (Wildman–Crippen MR) is 124 cm³/mol. The lowest BCUT2D eigenvalue weighted by Gasteiger charge is -2.40. The zero-order valence-corrected chi connectivity index (χ0v) is 18.2. The lowest BCUT2D eigenvalue weighted by atomic mass is 10.1. The van der Waals surface area contributed by atoms with Gasteiger partial charge in [0.1, 0.15) is 23.6 Å². The molecule has 0 radical (unpaired) electrons. The van der Waals surface area contributed by atoms with E-state index in [1.54, 1.807) is 13.2 Å². The highest BCUT2D eigenvalue weighted by atomic mass is 16.5. The zero-order chi connectivity index (χ0) is 22.3. The number of piperazine rings is 1. The Labute approximate surface area is 187 Å². The first-order valence-corrected chi connectivity index (χ1v) is 10.5. The van der Waals surface area contributed by atoms with Gasteiger partial charge in [0.05, 0.1) is 7.11 Å². The molecule has 0 saturated carbocycles. The van der Waals surface area contributed by atoms with Crippen LogP contribution >= 0.6 is 0 Å². The van der Waals surface area contributed by atoms with Crippen LogP contribution in [0.4, 0.5) is 5.82 Å². The molecule has 32 heavy (non-hydrogen) atoms. The molecule has 1 aromatic heterocycles. The van der Waals surface area contributed by atoms with Crippen LogP contribution in [-0.2, 0) is 4.79 Å². The van der Waals surface area contributed by atoms with E-state index in [4.69, 9.17) is 9.47 Å². The molecule has 1 aliphatic rings. The molecule has 1 atom stereocenters. The molecule has 1 aliphatic heterocycles. The molecule has 7 heteroatoms. The minimum absolute atomic E-state index is 0.0206. The number of aromatic nitrogens is 2. The second kappa shape index (κ2) is 9.96. The van der Waals surface area contributed by atoms with Gasteiger partial charge in [-0.3, -0.25) is 4.79 Å². The fraction of sp³-hybridized carbons (Fsp3) is 0.240. The molecule has 1 saturated heterocycles. The molecule has 0 bridgehead atoms. The van der Waals surface area contributed by atoms with Crippen molar-refractivity contribution in [3.63, 3.8) is 0 Å². The Hall–Kier alpha value is -3.87. The summed E-state index contributed by atoms with van der Waals surface area (Å²) >= 11 is 0. The Bertz CT molecular complexity index is 1070. The van der Waals surface area contributed by atoms with E-state index in [0.717, 1.165) is 17.1 Å². The van der Waals surface area contributed by atoms with Crippen molar-refractivity contribution in [2.45, 2.75) is 13.0 Å². The van der Waals surface area contributed by atoms with Crippen molar-refractivity contribution in [1.29, 1.82) is 0 Å². The van der Waals surface area contributed by atoms with Crippen molar-refractivity contribution in [3.8, 4) is 17.4 Å². The Morgan fingerprint density at radius 3 is 2.50 bits per heavy atom. The van der Waals surface area contributed by atoms with Crippen LogP contribution in [0.1, 0.15) is 12.5 Å². The van der Waals surface area contributed by atoms with Crippen LogP contribution in [0.15, 0.2) is 73.1 Å². The Morgan fingerprint density at radius 1 is 1.03 bits per heavy atom. The summed E-state index contributed by atoms with van der Waals surface area (Å²) in [6, 6.07) is 19.0. The third-order valence-corrected chi connectivity index (χ3v) is 5.36. The first kappa shape index (κ1) is 21.4. The maximum atomic E-state index is 12.7.